The van der Waals surface area contributed by atoms with Crippen LogP contribution in [0.4, 0.5) is 5.82 Å². The molecule has 0 spiro atoms. The molecule has 26 nitrogen and oxygen atoms in total. The molecule has 3 unspecified atom stereocenters. The van der Waals surface area contributed by atoms with E-state index in [4.69, 9.17) is 19.5 Å². The van der Waals surface area contributed by atoms with E-state index in [9.17, 15) is 67.0 Å². The molecule has 0 radical (unpaired) electrons. The van der Waals surface area contributed by atoms with Crippen LogP contribution < -0.4 is 16.4 Å². The van der Waals surface area contributed by atoms with Gasteiger partial charge in [0, 0.05) is 31.3 Å². The number of nitrogens with two attached hydrogens (primary N) is 1. The number of carbonyl (C=O) groups is 3. The minimum Gasteiger partial charge on any atom is -0.386 e. The maximum atomic E-state index is 12.7. The number of hydrogen-bond acceptors (Lipinski definition) is 19. The molecule has 2 aromatic rings. The van der Waals surface area contributed by atoms with Gasteiger partial charge in [0.05, 0.1) is 25.3 Å². The van der Waals surface area contributed by atoms with Crippen LogP contribution >= 0.6 is 34.1 Å². The third-order valence-corrected chi connectivity index (χ3v) is 12.9. The fourth-order valence-corrected chi connectivity index (χ4v) is 8.98. The summed E-state index contributed by atoms with van der Waals surface area (Å²) in [5.41, 5.74) is 4.18. The van der Waals surface area contributed by atoms with Gasteiger partial charge in [-0.3, -0.25) is 41.6 Å². The van der Waals surface area contributed by atoms with Gasteiger partial charge in [-0.1, -0.05) is 33.6 Å². The molecule has 1 saturated heterocycles. The Kier molecular flexibility index (Phi) is 17.3. The average molecular weight is 900 g/mol. The first-order chi connectivity index (χ1) is 26.3. The van der Waals surface area contributed by atoms with E-state index in [2.05, 4.69) is 34.4 Å². The van der Waals surface area contributed by atoms with Crippen molar-refractivity contribution in [2.24, 2.45) is 5.41 Å². The maximum Gasteiger partial charge on any atom is 0.481 e. The van der Waals surface area contributed by atoms with Crippen molar-refractivity contribution in [2.45, 2.75) is 83.5 Å². The molecular formula is C27H48N7O19P3S. The fourth-order valence-electron chi connectivity index (χ4n) is 5.07. The Bertz CT molecular complexity index is 1870. The normalized spacial score (nSPS) is 22.1. The highest BCUT2D eigenvalue weighted by atomic mass is 32.3. The number of imidazole rings is 1. The molecule has 0 aromatic carbocycles. The van der Waals surface area contributed by atoms with Crippen LogP contribution in [0.1, 0.15) is 59.1 Å². The van der Waals surface area contributed by atoms with Gasteiger partial charge in [-0.15, -0.1) is 10.6 Å². The highest BCUT2D eigenvalue weighted by Gasteiger charge is 2.50. The minimum atomic E-state index is -5.60. The Hall–Kier alpha value is -2.52. The summed E-state index contributed by atoms with van der Waals surface area (Å²) in [7, 11) is -20.0. The number of fused-ring (bicyclic) bond motifs is 1. The van der Waals surface area contributed by atoms with Crippen molar-refractivity contribution in [3.63, 3.8) is 0 Å². The molecule has 12 N–H and O–H groups in total. The quantitative estimate of drug-likeness (QED) is 0.0526. The monoisotopic (exact) mass is 899 g/mol. The van der Waals surface area contributed by atoms with Gasteiger partial charge in [0.2, 0.25) is 16.9 Å². The Morgan fingerprint density at radius 3 is 2.33 bits per heavy atom. The Morgan fingerprint density at radius 1 is 1.02 bits per heavy atom. The predicted octanol–water partition coefficient (Wildman–Crippen LogP) is 0.262. The summed E-state index contributed by atoms with van der Waals surface area (Å²) in [6.45, 7) is 1.75. The number of ether oxygens (including phenoxy) is 1. The van der Waals surface area contributed by atoms with Gasteiger partial charge in [0.1, 0.15) is 36.3 Å². The number of hydrogen-bond donors (Lipinski definition) is 11. The van der Waals surface area contributed by atoms with Crippen molar-refractivity contribution in [1.29, 1.82) is 0 Å². The largest absolute Gasteiger partial charge is 0.481 e. The highest BCUT2D eigenvalue weighted by molar-refractivity contribution is 8.36. The fraction of sp³-hybridized carbons (Fsp3) is 0.704. The molecule has 1 aliphatic heterocycles. The molecule has 7 atom stereocenters. The Morgan fingerprint density at radius 2 is 1.68 bits per heavy atom. The van der Waals surface area contributed by atoms with Crippen LogP contribution in [0.5, 0.6) is 0 Å². The van der Waals surface area contributed by atoms with Gasteiger partial charge < -0.3 is 50.9 Å². The van der Waals surface area contributed by atoms with E-state index in [1.165, 1.54) is 13.8 Å². The molecule has 57 heavy (non-hydrogen) atoms. The van der Waals surface area contributed by atoms with E-state index < -0.39 is 100 Å². The molecule has 2 aromatic heterocycles. The first-order valence-corrected chi connectivity index (χ1v) is 23.2. The number of anilines is 1. The van der Waals surface area contributed by atoms with Gasteiger partial charge >= 0.3 is 23.5 Å². The van der Waals surface area contributed by atoms with E-state index in [-0.39, 0.29) is 48.7 Å². The zero-order valence-electron chi connectivity index (χ0n) is 30.8. The second-order valence-corrected chi connectivity index (χ2v) is 19.7. The highest BCUT2D eigenvalue weighted by Crippen LogP contribution is 2.61. The summed E-state index contributed by atoms with van der Waals surface area (Å²) < 4.78 is 82.1. The number of nitrogens with zero attached hydrogens (tertiary/aromatic N) is 4. The van der Waals surface area contributed by atoms with Crippen molar-refractivity contribution in [2.75, 3.05) is 37.8 Å². The lowest BCUT2D eigenvalue weighted by molar-refractivity contribution is -0.137. The third kappa shape index (κ3) is 14.6. The van der Waals surface area contributed by atoms with Crippen LogP contribution in [-0.2, 0) is 50.7 Å². The number of nitrogens with one attached hydrogen (secondary N) is 2. The number of aromatic nitrogens is 4. The lowest BCUT2D eigenvalue weighted by atomic mass is 9.87. The molecule has 1 aliphatic rings. The van der Waals surface area contributed by atoms with Crippen LogP contribution in [0, 0.1) is 5.41 Å². The molecule has 30 heteroatoms. The molecule has 3 rings (SSSR count). The number of rotatable bonds is 23. The Labute approximate surface area is 326 Å². The van der Waals surface area contributed by atoms with Crippen LogP contribution in [0.15, 0.2) is 12.7 Å². The third-order valence-electron chi connectivity index (χ3n) is 8.14. The summed E-state index contributed by atoms with van der Waals surface area (Å²) in [6.07, 6.45) is -5.09. The van der Waals surface area contributed by atoms with Crippen molar-refractivity contribution in [3.8, 4) is 0 Å². The smallest absolute Gasteiger partial charge is 0.386 e. The average Bonchev–Trinajstić information content (AvgIpc) is 3.66. The Balaban J connectivity index is 1.49. The number of aliphatic hydroxyl groups is 2. The molecule has 3 heterocycles. The number of unbranched alkanes of at least 4 members (excludes halogenated alkanes) is 2. The first-order valence-electron chi connectivity index (χ1n) is 17.0. The van der Waals surface area contributed by atoms with E-state index in [1.807, 2.05) is 6.92 Å². The zero-order chi connectivity index (χ0) is 43.0. The topological polar surface area (TPSA) is 404 Å². The van der Waals surface area contributed by atoms with Gasteiger partial charge in [-0.05, 0) is 6.42 Å². The molecule has 326 valence electrons. The van der Waals surface area contributed by atoms with Crippen LogP contribution in [0.3, 0.4) is 0 Å². The van der Waals surface area contributed by atoms with E-state index in [1.54, 1.807) is 0 Å². The molecule has 0 aliphatic carbocycles. The predicted molar refractivity (Wildman–Crippen MR) is 196 cm³/mol. The zero-order valence-corrected chi connectivity index (χ0v) is 34.3. The number of phosphoric ester groups is 3. The summed E-state index contributed by atoms with van der Waals surface area (Å²) in [5, 5.41) is 25.4. The van der Waals surface area contributed by atoms with Gasteiger partial charge in [-0.25, -0.2) is 28.6 Å². The van der Waals surface area contributed by atoms with E-state index >= 15 is 0 Å². The van der Waals surface area contributed by atoms with Crippen molar-refractivity contribution < 1.29 is 89.6 Å². The van der Waals surface area contributed by atoms with Crippen LogP contribution in [-0.4, -0.2) is 132 Å². The molecular weight excluding hydrogens is 851 g/mol. The second kappa shape index (κ2) is 20.2. The molecule has 1 fully saturated rings. The standard InChI is InChI=1S/C27H48N7O19P3S/c1-4-5-6-7-18(36)57(47,48)11-10-29-17(35)8-9-30-25(39)22(38)27(2,3)13-50-56(45,46)53-55(43,44)49-12-16-21(52-54(40,41)42)20(37)26(51-16)34-15-33-19-23(28)31-14-32-24(19)34/h14-16,20-22,26,37-38,47-48H,4-13H2,1-3H3,(H,29,35)(H,30,39)(H,43,44)(H,45,46)(H2,28,31,32)(H2,40,41,42)/t16-,20-,21-,22?,26-/m1/s1. The number of amides is 2. The summed E-state index contributed by atoms with van der Waals surface area (Å²) >= 11 is 0. The lowest BCUT2D eigenvalue weighted by Crippen LogP contribution is -2.46. The summed E-state index contributed by atoms with van der Waals surface area (Å²) in [6, 6.07) is 0. The minimum absolute atomic E-state index is 0.00596. The van der Waals surface area contributed by atoms with Crippen LogP contribution in [0.25, 0.3) is 11.2 Å². The van der Waals surface area contributed by atoms with Crippen molar-refractivity contribution in [3.05, 3.63) is 12.7 Å². The number of aliphatic hydroxyl groups excluding tert-OH is 2. The van der Waals surface area contributed by atoms with Crippen molar-refractivity contribution >= 4 is 68.0 Å². The van der Waals surface area contributed by atoms with Gasteiger partial charge in [0.15, 0.2) is 17.7 Å². The van der Waals surface area contributed by atoms with Gasteiger partial charge in [-0.2, -0.15) is 4.31 Å². The number of carbonyl (C=O) groups excluding carboxylic acids is 3. The molecule has 0 saturated carbocycles. The summed E-state index contributed by atoms with van der Waals surface area (Å²) in [4.78, 5) is 87.6. The van der Waals surface area contributed by atoms with Crippen molar-refractivity contribution in [1.82, 2.24) is 30.2 Å². The first kappa shape index (κ1) is 48.8. The maximum absolute atomic E-state index is 12.7. The van der Waals surface area contributed by atoms with Crippen LogP contribution in [0.2, 0.25) is 0 Å². The lowest BCUT2D eigenvalue weighted by Gasteiger charge is -2.30. The molecule has 0 bridgehead atoms. The van der Waals surface area contributed by atoms with E-state index in [0.717, 1.165) is 30.1 Å². The number of nitrogen functional groups attached to an aromatic ring is 1. The second-order valence-electron chi connectivity index (χ2n) is 13.3. The SMILES string of the molecule is CCCCCC(=O)S(O)(O)CCNC(=O)CCNC(=O)C(O)C(C)(C)COP(=O)(O)OP(=O)(O)OC[C@H]1O[C@@H](n2cnc3c(N)ncnc32)[C@H](O)[C@@H]1OP(=O)(O)O. The molecule has 2 amide bonds. The summed E-state index contributed by atoms with van der Waals surface area (Å²) in [5.74, 6) is -2.10. The van der Waals surface area contributed by atoms with E-state index in [0.29, 0.717) is 6.42 Å². The van der Waals surface area contributed by atoms with Gasteiger partial charge in [0.25, 0.3) is 0 Å². The number of phosphoric acid groups is 3.